The van der Waals surface area contributed by atoms with Crippen molar-refractivity contribution >= 4 is 17.3 Å². The number of rotatable bonds is 7. The third-order valence-electron chi connectivity index (χ3n) is 5.11. The molecule has 1 fully saturated rings. The number of nitrogens with one attached hydrogen (secondary N) is 1. The van der Waals surface area contributed by atoms with E-state index in [4.69, 9.17) is 9.47 Å². The zero-order valence-corrected chi connectivity index (χ0v) is 16.9. The first-order chi connectivity index (χ1) is 13.6. The Morgan fingerprint density at radius 1 is 1.04 bits per heavy atom. The Labute approximate surface area is 167 Å². The van der Waals surface area contributed by atoms with Crippen LogP contribution in [-0.4, -0.2) is 56.7 Å². The molecule has 0 unspecified atom stereocenters. The SMILES string of the molecule is CCOc1ccccc1N1CCN([C@H](C)C(=O)Nc2ccccc2OC)CC1. The third-order valence-corrected chi connectivity index (χ3v) is 5.11. The average Bonchev–Trinajstić information content (AvgIpc) is 2.74. The molecular weight excluding hydrogens is 354 g/mol. The molecule has 1 aliphatic rings. The quantitative estimate of drug-likeness (QED) is 0.795. The number of nitrogens with zero attached hydrogens (tertiary/aromatic N) is 2. The summed E-state index contributed by atoms with van der Waals surface area (Å²) < 4.78 is 11.1. The molecule has 0 radical (unpaired) electrons. The number of anilines is 2. The van der Waals surface area contributed by atoms with E-state index in [9.17, 15) is 4.79 Å². The van der Waals surface area contributed by atoms with Crippen molar-refractivity contribution in [1.29, 1.82) is 0 Å². The summed E-state index contributed by atoms with van der Waals surface area (Å²) in [7, 11) is 1.60. The number of hydrogen-bond donors (Lipinski definition) is 1. The van der Waals surface area contributed by atoms with Crippen molar-refractivity contribution in [2.45, 2.75) is 19.9 Å². The van der Waals surface area contributed by atoms with Crippen molar-refractivity contribution in [1.82, 2.24) is 4.90 Å². The van der Waals surface area contributed by atoms with Crippen LogP contribution in [0.3, 0.4) is 0 Å². The number of para-hydroxylation sites is 4. The van der Waals surface area contributed by atoms with Gasteiger partial charge in [-0.1, -0.05) is 24.3 Å². The highest BCUT2D eigenvalue weighted by Crippen LogP contribution is 2.29. The van der Waals surface area contributed by atoms with E-state index in [-0.39, 0.29) is 11.9 Å². The van der Waals surface area contributed by atoms with Gasteiger partial charge in [-0.25, -0.2) is 0 Å². The molecule has 0 aromatic heterocycles. The van der Waals surface area contributed by atoms with E-state index >= 15 is 0 Å². The fourth-order valence-corrected chi connectivity index (χ4v) is 3.50. The van der Waals surface area contributed by atoms with Crippen LogP contribution in [-0.2, 0) is 4.79 Å². The van der Waals surface area contributed by atoms with E-state index in [2.05, 4.69) is 21.2 Å². The van der Waals surface area contributed by atoms with Gasteiger partial charge in [-0.05, 0) is 38.1 Å². The summed E-state index contributed by atoms with van der Waals surface area (Å²) in [6.45, 7) is 7.96. The molecule has 1 atom stereocenters. The molecule has 6 heteroatoms. The molecule has 0 saturated carbocycles. The van der Waals surface area contributed by atoms with Gasteiger partial charge in [0.1, 0.15) is 11.5 Å². The van der Waals surface area contributed by atoms with Crippen LogP contribution in [0.4, 0.5) is 11.4 Å². The summed E-state index contributed by atoms with van der Waals surface area (Å²) in [6, 6.07) is 15.4. The number of piperazine rings is 1. The maximum Gasteiger partial charge on any atom is 0.241 e. The van der Waals surface area contributed by atoms with Gasteiger partial charge in [-0.2, -0.15) is 0 Å². The molecule has 28 heavy (non-hydrogen) atoms. The molecule has 1 saturated heterocycles. The average molecular weight is 383 g/mol. The van der Waals surface area contributed by atoms with Gasteiger partial charge in [-0.15, -0.1) is 0 Å². The number of amides is 1. The normalized spacial score (nSPS) is 15.8. The van der Waals surface area contributed by atoms with E-state index in [1.807, 2.05) is 56.3 Å². The van der Waals surface area contributed by atoms with Crippen LogP contribution >= 0.6 is 0 Å². The van der Waals surface area contributed by atoms with Crippen LogP contribution < -0.4 is 19.7 Å². The predicted molar refractivity (Wildman–Crippen MR) is 112 cm³/mol. The van der Waals surface area contributed by atoms with Crippen molar-refractivity contribution in [3.05, 3.63) is 48.5 Å². The van der Waals surface area contributed by atoms with Gasteiger partial charge in [0, 0.05) is 26.2 Å². The van der Waals surface area contributed by atoms with Gasteiger partial charge in [0.2, 0.25) is 5.91 Å². The van der Waals surface area contributed by atoms with E-state index in [1.54, 1.807) is 7.11 Å². The van der Waals surface area contributed by atoms with Crippen LogP contribution in [0.25, 0.3) is 0 Å². The molecule has 6 nitrogen and oxygen atoms in total. The van der Waals surface area contributed by atoms with Crippen molar-refractivity contribution < 1.29 is 14.3 Å². The summed E-state index contributed by atoms with van der Waals surface area (Å²) in [6.07, 6.45) is 0. The van der Waals surface area contributed by atoms with Crippen LogP contribution in [0.2, 0.25) is 0 Å². The van der Waals surface area contributed by atoms with Crippen LogP contribution in [0.15, 0.2) is 48.5 Å². The monoisotopic (exact) mass is 383 g/mol. The summed E-state index contributed by atoms with van der Waals surface area (Å²) in [5.41, 5.74) is 1.82. The van der Waals surface area contributed by atoms with E-state index < -0.39 is 0 Å². The van der Waals surface area contributed by atoms with Gasteiger partial charge in [-0.3, -0.25) is 9.69 Å². The third kappa shape index (κ3) is 4.57. The van der Waals surface area contributed by atoms with Crippen molar-refractivity contribution in [2.75, 3.05) is 50.1 Å². The molecule has 2 aromatic rings. The summed E-state index contributed by atoms with van der Waals surface area (Å²) >= 11 is 0. The lowest BCUT2D eigenvalue weighted by molar-refractivity contribution is -0.120. The lowest BCUT2D eigenvalue weighted by atomic mass is 10.2. The summed E-state index contributed by atoms with van der Waals surface area (Å²) in [5.74, 6) is 1.56. The molecule has 3 rings (SSSR count). The van der Waals surface area contributed by atoms with Gasteiger partial charge in [0.15, 0.2) is 0 Å². The van der Waals surface area contributed by atoms with Crippen LogP contribution in [0.1, 0.15) is 13.8 Å². The maximum absolute atomic E-state index is 12.7. The highest BCUT2D eigenvalue weighted by molar-refractivity contribution is 5.95. The van der Waals surface area contributed by atoms with Crippen molar-refractivity contribution in [3.8, 4) is 11.5 Å². The lowest BCUT2D eigenvalue weighted by Crippen LogP contribution is -2.52. The minimum atomic E-state index is -0.214. The Bertz CT molecular complexity index is 788. The van der Waals surface area contributed by atoms with Gasteiger partial charge >= 0.3 is 0 Å². The number of ether oxygens (including phenoxy) is 2. The smallest absolute Gasteiger partial charge is 0.241 e. The van der Waals surface area contributed by atoms with Crippen LogP contribution in [0.5, 0.6) is 11.5 Å². The fraction of sp³-hybridized carbons (Fsp3) is 0.409. The molecule has 1 aliphatic heterocycles. The Morgan fingerprint density at radius 2 is 1.68 bits per heavy atom. The molecule has 2 aromatic carbocycles. The van der Waals surface area contributed by atoms with E-state index in [1.165, 1.54) is 0 Å². The Morgan fingerprint density at radius 3 is 2.36 bits per heavy atom. The highest BCUT2D eigenvalue weighted by atomic mass is 16.5. The highest BCUT2D eigenvalue weighted by Gasteiger charge is 2.27. The van der Waals surface area contributed by atoms with Gasteiger partial charge in [0.05, 0.1) is 31.1 Å². The second kappa shape index (κ2) is 9.46. The van der Waals surface area contributed by atoms with Gasteiger partial charge in [0.25, 0.3) is 0 Å². The van der Waals surface area contributed by atoms with Crippen molar-refractivity contribution in [2.24, 2.45) is 0 Å². The molecule has 0 bridgehead atoms. The second-order valence-corrected chi connectivity index (χ2v) is 6.79. The maximum atomic E-state index is 12.7. The number of carbonyl (C=O) groups is 1. The number of benzene rings is 2. The molecule has 1 amide bonds. The largest absolute Gasteiger partial charge is 0.495 e. The molecule has 0 aliphatic carbocycles. The first-order valence-corrected chi connectivity index (χ1v) is 9.78. The van der Waals surface area contributed by atoms with E-state index in [0.29, 0.717) is 18.0 Å². The summed E-state index contributed by atoms with van der Waals surface area (Å²) in [4.78, 5) is 17.3. The number of carbonyl (C=O) groups excluding carboxylic acids is 1. The second-order valence-electron chi connectivity index (χ2n) is 6.79. The molecular formula is C22H29N3O3. The Balaban J connectivity index is 1.59. The molecule has 0 spiro atoms. The Hall–Kier alpha value is -2.73. The van der Waals surface area contributed by atoms with Crippen LogP contribution in [0, 0.1) is 0 Å². The Kier molecular flexibility index (Phi) is 6.76. The zero-order chi connectivity index (χ0) is 19.9. The number of hydrogen-bond acceptors (Lipinski definition) is 5. The lowest BCUT2D eigenvalue weighted by Gasteiger charge is -2.39. The minimum Gasteiger partial charge on any atom is -0.495 e. The summed E-state index contributed by atoms with van der Waals surface area (Å²) in [5, 5.41) is 2.99. The molecule has 1 heterocycles. The standard InChI is InChI=1S/C22H29N3O3/c1-4-28-21-12-8-6-10-19(21)25-15-13-24(14-16-25)17(2)22(26)23-18-9-5-7-11-20(18)27-3/h5-12,17H,4,13-16H2,1-3H3,(H,23,26)/t17-/m1/s1. The van der Waals surface area contributed by atoms with E-state index in [0.717, 1.165) is 37.6 Å². The fourth-order valence-electron chi connectivity index (χ4n) is 3.50. The first kappa shape index (κ1) is 20.0. The first-order valence-electron chi connectivity index (χ1n) is 9.78. The number of methoxy groups -OCH3 is 1. The zero-order valence-electron chi connectivity index (χ0n) is 16.9. The van der Waals surface area contributed by atoms with Gasteiger partial charge < -0.3 is 19.7 Å². The topological polar surface area (TPSA) is 54.0 Å². The molecule has 150 valence electrons. The van der Waals surface area contributed by atoms with Crippen molar-refractivity contribution in [3.63, 3.8) is 0 Å². The predicted octanol–water partition coefficient (Wildman–Crippen LogP) is 3.24. The molecule has 1 N–H and O–H groups in total. The minimum absolute atomic E-state index is 0.0207.